The molecule has 130 valence electrons. The fraction of sp³-hybridized carbons (Fsp3) is 0.400. The summed E-state index contributed by atoms with van der Waals surface area (Å²) >= 11 is 0. The molecule has 2 rings (SSSR count). The van der Waals surface area contributed by atoms with Crippen LogP contribution in [0.5, 0.6) is 0 Å². The van der Waals surface area contributed by atoms with Crippen molar-refractivity contribution < 1.29 is 27.5 Å². The lowest BCUT2D eigenvalue weighted by atomic mass is 10.1. The van der Waals surface area contributed by atoms with E-state index in [4.69, 9.17) is 10.5 Å². The van der Waals surface area contributed by atoms with Crippen molar-refractivity contribution in [2.75, 3.05) is 19.0 Å². The first kappa shape index (κ1) is 18.1. The number of hydrogen-bond acceptors (Lipinski definition) is 6. The molecule has 1 unspecified atom stereocenters. The van der Waals surface area contributed by atoms with Crippen molar-refractivity contribution in [1.29, 1.82) is 0 Å². The van der Waals surface area contributed by atoms with E-state index in [1.165, 1.54) is 12.1 Å². The number of nitrogens with two attached hydrogens (primary N) is 1. The number of ketones is 1. The number of sulfone groups is 1. The number of benzene rings is 1. The van der Waals surface area contributed by atoms with Crippen LogP contribution in [-0.2, 0) is 29.9 Å². The van der Waals surface area contributed by atoms with E-state index in [9.17, 15) is 22.8 Å². The first-order chi connectivity index (χ1) is 11.3. The number of carbonyl (C=O) groups excluding carboxylic acids is 3. The van der Waals surface area contributed by atoms with Crippen LogP contribution in [0.15, 0.2) is 24.3 Å². The fourth-order valence-electron chi connectivity index (χ4n) is 2.30. The lowest BCUT2D eigenvalue weighted by Gasteiger charge is -2.10. The van der Waals surface area contributed by atoms with Crippen molar-refractivity contribution in [2.45, 2.75) is 18.2 Å². The van der Waals surface area contributed by atoms with Gasteiger partial charge in [-0.25, -0.2) is 8.42 Å². The van der Waals surface area contributed by atoms with Crippen molar-refractivity contribution in [2.24, 2.45) is 5.73 Å². The molecule has 1 aliphatic heterocycles. The van der Waals surface area contributed by atoms with E-state index in [-0.39, 0.29) is 36.7 Å². The van der Waals surface area contributed by atoms with Gasteiger partial charge >= 0.3 is 0 Å². The van der Waals surface area contributed by atoms with Crippen LogP contribution in [0.1, 0.15) is 22.3 Å². The Morgan fingerprint density at radius 1 is 1.29 bits per heavy atom. The normalized spacial score (nSPS) is 17.7. The molecule has 3 N–H and O–H groups in total. The Morgan fingerprint density at radius 3 is 2.62 bits per heavy atom. The lowest BCUT2D eigenvalue weighted by Crippen LogP contribution is -2.40. The van der Waals surface area contributed by atoms with Gasteiger partial charge in [0.15, 0.2) is 15.6 Å². The van der Waals surface area contributed by atoms with Gasteiger partial charge in [-0.15, -0.1) is 0 Å². The number of rotatable bonds is 7. The molecule has 0 saturated carbocycles. The Bertz CT molecular complexity index is 759. The molecule has 0 spiro atoms. The molecule has 1 aromatic rings. The molecule has 1 atom stereocenters. The molecule has 8 nitrogen and oxygen atoms in total. The molecule has 1 aromatic carbocycles. The molecule has 1 fully saturated rings. The smallest absolute Gasteiger partial charge is 0.249 e. The fourth-order valence-corrected chi connectivity index (χ4v) is 3.67. The highest BCUT2D eigenvalue weighted by atomic mass is 32.2. The minimum atomic E-state index is -3.62. The highest BCUT2D eigenvalue weighted by Crippen LogP contribution is 2.13. The molecule has 1 heterocycles. The second-order valence-electron chi connectivity index (χ2n) is 5.46. The van der Waals surface area contributed by atoms with Gasteiger partial charge in [0.05, 0.1) is 18.1 Å². The van der Waals surface area contributed by atoms with Crippen LogP contribution in [0, 0.1) is 0 Å². The molecule has 0 bridgehead atoms. The average Bonchev–Trinajstić information content (AvgIpc) is 2.90. The van der Waals surface area contributed by atoms with E-state index in [1.54, 1.807) is 12.1 Å². The van der Waals surface area contributed by atoms with E-state index < -0.39 is 33.4 Å². The van der Waals surface area contributed by atoms with Gasteiger partial charge in [-0.05, 0) is 11.6 Å². The zero-order valence-electron chi connectivity index (χ0n) is 12.9. The van der Waals surface area contributed by atoms with Gasteiger partial charge in [-0.1, -0.05) is 18.2 Å². The van der Waals surface area contributed by atoms with Crippen molar-refractivity contribution in [3.8, 4) is 0 Å². The van der Waals surface area contributed by atoms with E-state index >= 15 is 0 Å². The Hall–Kier alpha value is -2.26. The number of primary amides is 1. The van der Waals surface area contributed by atoms with Crippen molar-refractivity contribution >= 4 is 27.4 Å². The quantitative estimate of drug-likeness (QED) is 0.657. The van der Waals surface area contributed by atoms with Crippen LogP contribution in [0.3, 0.4) is 0 Å². The average molecular weight is 354 g/mol. The van der Waals surface area contributed by atoms with Gasteiger partial charge in [-0.2, -0.15) is 0 Å². The van der Waals surface area contributed by atoms with E-state index in [1.807, 2.05) is 0 Å². The van der Waals surface area contributed by atoms with Gasteiger partial charge < -0.3 is 15.8 Å². The highest BCUT2D eigenvalue weighted by molar-refractivity contribution is 7.90. The summed E-state index contributed by atoms with van der Waals surface area (Å²) in [7, 11) is -3.62. The lowest BCUT2D eigenvalue weighted by molar-refractivity contribution is -0.125. The monoisotopic (exact) mass is 354 g/mol. The predicted octanol–water partition coefficient (Wildman–Crippen LogP) is -0.825. The number of amides is 2. The summed E-state index contributed by atoms with van der Waals surface area (Å²) < 4.78 is 29.2. The maximum absolute atomic E-state index is 12.2. The second-order valence-corrected chi connectivity index (χ2v) is 7.65. The Kier molecular flexibility index (Phi) is 5.68. The minimum Gasteiger partial charge on any atom is -0.371 e. The maximum Gasteiger partial charge on any atom is 0.249 e. The molecule has 2 amide bonds. The van der Waals surface area contributed by atoms with E-state index in [0.717, 1.165) is 0 Å². The van der Waals surface area contributed by atoms with Crippen LogP contribution >= 0.6 is 0 Å². The number of ether oxygens (including phenoxy) is 1. The summed E-state index contributed by atoms with van der Waals surface area (Å²) in [5.74, 6) is -2.26. The molecule has 24 heavy (non-hydrogen) atoms. The van der Waals surface area contributed by atoms with Gasteiger partial charge in [0.1, 0.15) is 12.6 Å². The number of carbonyl (C=O) groups is 3. The number of nitrogens with one attached hydrogen (secondary N) is 1. The molecule has 0 aromatic heterocycles. The first-order valence-electron chi connectivity index (χ1n) is 7.26. The summed E-state index contributed by atoms with van der Waals surface area (Å²) in [6.07, 6.45) is -0.273. The predicted molar refractivity (Wildman–Crippen MR) is 84.8 cm³/mol. The molecule has 9 heteroatoms. The van der Waals surface area contributed by atoms with Crippen molar-refractivity contribution in [1.82, 2.24) is 5.32 Å². The maximum atomic E-state index is 12.2. The number of hydrogen-bond donors (Lipinski definition) is 2. The molecular formula is C15H18N2O6S. The minimum absolute atomic E-state index is 0.0485. The second kappa shape index (κ2) is 7.54. The third kappa shape index (κ3) is 4.87. The van der Waals surface area contributed by atoms with Crippen molar-refractivity contribution in [3.05, 3.63) is 35.4 Å². The third-order valence-electron chi connectivity index (χ3n) is 3.55. The summed E-state index contributed by atoms with van der Waals surface area (Å²) in [6, 6.07) is 5.44. The molecule has 1 aliphatic rings. The Labute approximate surface area is 139 Å². The van der Waals surface area contributed by atoms with Gasteiger partial charge in [0.25, 0.3) is 0 Å². The zero-order chi connectivity index (χ0) is 17.7. The first-order valence-corrected chi connectivity index (χ1v) is 9.08. The highest BCUT2D eigenvalue weighted by Gasteiger charge is 2.27. The largest absolute Gasteiger partial charge is 0.371 e. The topological polar surface area (TPSA) is 133 Å². The van der Waals surface area contributed by atoms with Crippen LogP contribution in [0.4, 0.5) is 0 Å². The molecule has 0 aliphatic carbocycles. The molecule has 0 radical (unpaired) electrons. The van der Waals surface area contributed by atoms with Gasteiger partial charge in [-0.3, -0.25) is 14.4 Å². The SMILES string of the molecule is NC(=O)c1ccccc1CS(=O)(=O)CCC(=O)NC1COCC1=O. The van der Waals surface area contributed by atoms with Crippen LogP contribution in [0.2, 0.25) is 0 Å². The zero-order valence-corrected chi connectivity index (χ0v) is 13.7. The van der Waals surface area contributed by atoms with Gasteiger partial charge in [0, 0.05) is 12.0 Å². The summed E-state index contributed by atoms with van der Waals surface area (Å²) in [5, 5.41) is 2.44. The van der Waals surface area contributed by atoms with Crippen LogP contribution < -0.4 is 11.1 Å². The van der Waals surface area contributed by atoms with Crippen LogP contribution in [-0.4, -0.2) is 51.0 Å². The Morgan fingerprint density at radius 2 is 2.00 bits per heavy atom. The van der Waals surface area contributed by atoms with Crippen LogP contribution in [0.25, 0.3) is 0 Å². The van der Waals surface area contributed by atoms with E-state index in [2.05, 4.69) is 5.32 Å². The molecule has 1 saturated heterocycles. The van der Waals surface area contributed by atoms with Gasteiger partial charge in [0.2, 0.25) is 11.8 Å². The van der Waals surface area contributed by atoms with Crippen molar-refractivity contribution in [3.63, 3.8) is 0 Å². The summed E-state index contributed by atoms with van der Waals surface area (Å²) in [5.41, 5.74) is 5.65. The standard InChI is InChI=1S/C15H18N2O6S/c16-15(20)11-4-2-1-3-10(11)9-24(21,22)6-5-14(19)17-12-7-23-8-13(12)18/h1-4,12H,5-9H2,(H2,16,20)(H,17,19). The number of Topliss-reactive ketones (excluding diaryl/α,β-unsaturated/α-hetero) is 1. The third-order valence-corrected chi connectivity index (χ3v) is 5.13. The Balaban J connectivity index is 1.93. The van der Waals surface area contributed by atoms with E-state index in [0.29, 0.717) is 5.56 Å². The summed E-state index contributed by atoms with van der Waals surface area (Å²) in [6.45, 7) is 0.0520. The summed E-state index contributed by atoms with van der Waals surface area (Å²) in [4.78, 5) is 34.4. The molecular weight excluding hydrogens is 336 g/mol.